The van der Waals surface area contributed by atoms with Gasteiger partial charge in [0.25, 0.3) is 0 Å². The molecule has 0 fully saturated rings. The number of fused-ring (bicyclic) bond motifs is 2. The second kappa shape index (κ2) is 3.28. The fourth-order valence-corrected chi connectivity index (χ4v) is 2.44. The van der Waals surface area contributed by atoms with E-state index >= 15 is 0 Å². The van der Waals surface area contributed by atoms with E-state index in [0.29, 0.717) is 5.57 Å². The second-order valence-electron chi connectivity index (χ2n) is 4.15. The monoisotopic (exact) mass is 216 g/mol. The van der Waals surface area contributed by atoms with E-state index < -0.39 is 18.3 Å². The highest BCUT2D eigenvalue weighted by atomic mass is 16.3. The molecule has 0 saturated carbocycles. The molecule has 3 heteroatoms. The smallest absolute Gasteiger partial charge is 0.108 e. The number of hydrogen-bond donors (Lipinski definition) is 3. The van der Waals surface area contributed by atoms with Gasteiger partial charge in [0.1, 0.15) is 18.3 Å². The maximum Gasteiger partial charge on any atom is 0.108 e. The number of aliphatic hydroxyl groups is 3. The first-order valence-electron chi connectivity index (χ1n) is 5.26. The van der Waals surface area contributed by atoms with Crippen molar-refractivity contribution in [3.05, 3.63) is 53.1 Å². The van der Waals surface area contributed by atoms with Crippen LogP contribution in [0.2, 0.25) is 0 Å². The highest BCUT2D eigenvalue weighted by Gasteiger charge is 2.36. The molecule has 0 aromatic heterocycles. The molecule has 82 valence electrons. The number of allylic oxidation sites excluding steroid dienone is 2. The SMILES string of the molecule is O[C@@H]1C2=C(C=C[C@H](O)[C@@H]2O)c2ccccc21. The van der Waals surface area contributed by atoms with E-state index in [1.54, 1.807) is 12.2 Å². The molecular weight excluding hydrogens is 204 g/mol. The first-order valence-corrected chi connectivity index (χ1v) is 5.26. The Morgan fingerprint density at radius 3 is 2.56 bits per heavy atom. The van der Waals surface area contributed by atoms with Crippen LogP contribution in [0.4, 0.5) is 0 Å². The molecule has 3 nitrogen and oxygen atoms in total. The molecule has 3 rings (SSSR count). The van der Waals surface area contributed by atoms with Crippen molar-refractivity contribution in [2.75, 3.05) is 0 Å². The third-order valence-electron chi connectivity index (χ3n) is 3.25. The van der Waals surface area contributed by atoms with E-state index in [0.717, 1.165) is 16.7 Å². The Kier molecular flexibility index (Phi) is 2.01. The zero-order chi connectivity index (χ0) is 11.3. The zero-order valence-corrected chi connectivity index (χ0v) is 8.54. The minimum absolute atomic E-state index is 0.510. The molecule has 0 heterocycles. The van der Waals surface area contributed by atoms with E-state index in [9.17, 15) is 15.3 Å². The third kappa shape index (κ3) is 1.13. The van der Waals surface area contributed by atoms with E-state index in [1.165, 1.54) is 0 Å². The summed E-state index contributed by atoms with van der Waals surface area (Å²) in [5.74, 6) is 0. The van der Waals surface area contributed by atoms with Crippen LogP contribution in [0, 0.1) is 0 Å². The molecule has 2 aliphatic rings. The van der Waals surface area contributed by atoms with Crippen molar-refractivity contribution in [2.24, 2.45) is 0 Å². The van der Waals surface area contributed by atoms with Crippen LogP contribution >= 0.6 is 0 Å². The average Bonchev–Trinajstić information content (AvgIpc) is 2.59. The van der Waals surface area contributed by atoms with Crippen LogP contribution < -0.4 is 0 Å². The molecule has 0 spiro atoms. The van der Waals surface area contributed by atoms with Gasteiger partial charge in [0.2, 0.25) is 0 Å². The molecule has 0 radical (unpaired) electrons. The molecule has 0 unspecified atom stereocenters. The molecule has 3 N–H and O–H groups in total. The molecular formula is C13H12O3. The van der Waals surface area contributed by atoms with Gasteiger partial charge in [0, 0.05) is 5.57 Å². The Hall–Kier alpha value is -1.42. The minimum atomic E-state index is -1.01. The minimum Gasteiger partial charge on any atom is -0.386 e. The Bertz CT molecular complexity index is 502. The molecule has 2 aliphatic carbocycles. The molecule has 1 aromatic carbocycles. The number of hydrogen-bond acceptors (Lipinski definition) is 3. The fourth-order valence-electron chi connectivity index (χ4n) is 2.44. The largest absolute Gasteiger partial charge is 0.386 e. The normalized spacial score (nSPS) is 31.6. The summed E-state index contributed by atoms with van der Waals surface area (Å²) in [6, 6.07) is 7.50. The van der Waals surface area contributed by atoms with Crippen LogP contribution in [-0.2, 0) is 0 Å². The van der Waals surface area contributed by atoms with Crippen LogP contribution in [-0.4, -0.2) is 27.5 Å². The first kappa shape index (κ1) is 9.78. The first-order chi connectivity index (χ1) is 7.70. The topological polar surface area (TPSA) is 60.7 Å². The lowest BCUT2D eigenvalue weighted by Crippen LogP contribution is -2.29. The molecule has 0 aliphatic heterocycles. The van der Waals surface area contributed by atoms with Crippen molar-refractivity contribution < 1.29 is 15.3 Å². The van der Waals surface area contributed by atoms with E-state index in [-0.39, 0.29) is 0 Å². The maximum atomic E-state index is 10.1. The number of rotatable bonds is 0. The lowest BCUT2D eigenvalue weighted by atomic mass is 9.92. The van der Waals surface area contributed by atoms with Crippen molar-refractivity contribution in [3.8, 4) is 0 Å². The van der Waals surface area contributed by atoms with Crippen LogP contribution in [0.1, 0.15) is 17.2 Å². The molecule has 1 aromatic rings. The Labute approximate surface area is 93.0 Å². The van der Waals surface area contributed by atoms with E-state index in [2.05, 4.69) is 0 Å². The summed E-state index contributed by atoms with van der Waals surface area (Å²) in [4.78, 5) is 0. The summed E-state index contributed by atoms with van der Waals surface area (Å²) in [7, 11) is 0. The van der Waals surface area contributed by atoms with Gasteiger partial charge < -0.3 is 15.3 Å². The van der Waals surface area contributed by atoms with E-state index in [1.807, 2.05) is 24.3 Å². The van der Waals surface area contributed by atoms with Crippen LogP contribution in [0.3, 0.4) is 0 Å². The van der Waals surface area contributed by atoms with E-state index in [4.69, 9.17) is 0 Å². The average molecular weight is 216 g/mol. The van der Waals surface area contributed by atoms with Gasteiger partial charge in [-0.2, -0.15) is 0 Å². The lowest BCUT2D eigenvalue weighted by molar-refractivity contribution is 0.0535. The van der Waals surface area contributed by atoms with Gasteiger partial charge in [-0.25, -0.2) is 0 Å². The van der Waals surface area contributed by atoms with Gasteiger partial charge in [-0.15, -0.1) is 0 Å². The summed E-state index contributed by atoms with van der Waals surface area (Å²) >= 11 is 0. The lowest BCUT2D eigenvalue weighted by Gasteiger charge is -2.23. The summed E-state index contributed by atoms with van der Waals surface area (Å²) in [5.41, 5.74) is 3.08. The summed E-state index contributed by atoms with van der Waals surface area (Å²) in [6.07, 6.45) is 0.575. The molecule has 0 amide bonds. The highest BCUT2D eigenvalue weighted by Crippen LogP contribution is 2.44. The third-order valence-corrected chi connectivity index (χ3v) is 3.25. The zero-order valence-electron chi connectivity index (χ0n) is 8.54. The highest BCUT2D eigenvalue weighted by molar-refractivity contribution is 5.85. The van der Waals surface area contributed by atoms with Crippen LogP contribution in [0.25, 0.3) is 5.57 Å². The van der Waals surface area contributed by atoms with Crippen molar-refractivity contribution in [1.82, 2.24) is 0 Å². The Morgan fingerprint density at radius 1 is 1.00 bits per heavy atom. The maximum absolute atomic E-state index is 10.1. The number of benzene rings is 1. The molecule has 0 saturated heterocycles. The molecule has 16 heavy (non-hydrogen) atoms. The Morgan fingerprint density at radius 2 is 1.75 bits per heavy atom. The number of aliphatic hydroxyl groups excluding tert-OH is 3. The van der Waals surface area contributed by atoms with Gasteiger partial charge in [0.05, 0.1) is 0 Å². The summed E-state index contributed by atoms with van der Waals surface area (Å²) in [6.45, 7) is 0. The predicted molar refractivity (Wildman–Crippen MR) is 59.5 cm³/mol. The van der Waals surface area contributed by atoms with Crippen molar-refractivity contribution in [3.63, 3.8) is 0 Å². The van der Waals surface area contributed by atoms with Gasteiger partial charge in [0.15, 0.2) is 0 Å². The van der Waals surface area contributed by atoms with Gasteiger partial charge >= 0.3 is 0 Å². The summed E-state index contributed by atoms with van der Waals surface area (Å²) < 4.78 is 0. The van der Waals surface area contributed by atoms with Gasteiger partial charge in [-0.1, -0.05) is 36.4 Å². The van der Waals surface area contributed by atoms with Crippen LogP contribution in [0.15, 0.2) is 42.0 Å². The predicted octanol–water partition coefficient (Wildman–Crippen LogP) is 0.779. The standard InChI is InChI=1S/C13H12O3/c14-10-6-5-8-7-3-1-2-4-9(7)12(15)11(8)13(10)16/h1-6,10,12-16H/t10-,12-,13-/m0/s1. The molecule has 0 bridgehead atoms. The fraction of sp³-hybridized carbons (Fsp3) is 0.231. The summed E-state index contributed by atoms with van der Waals surface area (Å²) in [5, 5.41) is 29.5. The molecule has 3 atom stereocenters. The van der Waals surface area contributed by atoms with Gasteiger partial charge in [-0.3, -0.25) is 0 Å². The quantitative estimate of drug-likeness (QED) is 0.600. The second-order valence-corrected chi connectivity index (χ2v) is 4.15. The van der Waals surface area contributed by atoms with Crippen molar-refractivity contribution >= 4 is 5.57 Å². The Balaban J connectivity index is 2.19. The van der Waals surface area contributed by atoms with Gasteiger partial charge in [-0.05, 0) is 16.7 Å². The van der Waals surface area contributed by atoms with Crippen molar-refractivity contribution in [1.29, 1.82) is 0 Å². The van der Waals surface area contributed by atoms with Crippen LogP contribution in [0.5, 0.6) is 0 Å². The van der Waals surface area contributed by atoms with Crippen molar-refractivity contribution in [2.45, 2.75) is 18.3 Å².